The monoisotopic (exact) mass is 147 g/mol. The molecule has 0 saturated carbocycles. The van der Waals surface area contributed by atoms with Crippen molar-refractivity contribution in [3.05, 3.63) is 35.4 Å². The maximum atomic E-state index is 10.8. The molecule has 1 nitrogen and oxygen atoms in total. The van der Waals surface area contributed by atoms with Gasteiger partial charge in [-0.15, -0.1) is 0 Å². The molecule has 0 fully saturated rings. The lowest BCUT2D eigenvalue weighted by Gasteiger charge is -1.96. The van der Waals surface area contributed by atoms with Crippen molar-refractivity contribution in [2.45, 2.75) is 20.3 Å². The summed E-state index contributed by atoms with van der Waals surface area (Å²) >= 11 is 0. The quantitative estimate of drug-likeness (QED) is 0.586. The largest absolute Gasteiger partial charge is 0.294 e. The number of hydrogen-bond donors (Lipinski definition) is 0. The van der Waals surface area contributed by atoms with E-state index in [4.69, 9.17) is 0 Å². The van der Waals surface area contributed by atoms with Crippen molar-refractivity contribution >= 4 is 5.78 Å². The predicted molar refractivity (Wildman–Crippen MR) is 44.7 cm³/mol. The predicted octanol–water partition coefficient (Wildman–Crippen LogP) is 2.25. The molecule has 1 radical (unpaired) electrons. The summed E-state index contributed by atoms with van der Waals surface area (Å²) in [6.45, 7) is 3.63. The van der Waals surface area contributed by atoms with Crippen LogP contribution in [0.4, 0.5) is 0 Å². The van der Waals surface area contributed by atoms with Gasteiger partial charge >= 0.3 is 0 Å². The first kappa shape index (κ1) is 7.99. The molecule has 0 N–H and O–H groups in total. The smallest absolute Gasteiger partial charge is 0.160 e. The second kappa shape index (κ2) is 3.33. The minimum atomic E-state index is 0.0765. The number of Topliss-reactive ketones (excluding diaryl/α,β-unsaturated/α-hetero) is 1. The van der Waals surface area contributed by atoms with Gasteiger partial charge in [-0.1, -0.05) is 25.1 Å². The maximum absolute atomic E-state index is 10.8. The van der Waals surface area contributed by atoms with Crippen LogP contribution in [-0.2, 0) is 6.42 Å². The molecule has 0 saturated heterocycles. The Kier molecular flexibility index (Phi) is 2.42. The number of carbonyl (C=O) groups excluding carboxylic acids is 1. The van der Waals surface area contributed by atoms with Gasteiger partial charge in [-0.2, -0.15) is 0 Å². The molecule has 1 heteroatoms. The zero-order chi connectivity index (χ0) is 8.27. The fourth-order valence-electron chi connectivity index (χ4n) is 0.896. The molecule has 0 bridgehead atoms. The van der Waals surface area contributed by atoms with Crippen LogP contribution in [0.3, 0.4) is 0 Å². The highest BCUT2D eigenvalue weighted by Gasteiger charge is 1.97. The molecule has 11 heavy (non-hydrogen) atoms. The van der Waals surface area contributed by atoms with Gasteiger partial charge in [-0.05, 0) is 25.0 Å². The van der Waals surface area contributed by atoms with E-state index in [0.29, 0.717) is 5.56 Å². The van der Waals surface area contributed by atoms with Crippen molar-refractivity contribution in [2.75, 3.05) is 0 Å². The van der Waals surface area contributed by atoms with Crippen LogP contribution in [0.15, 0.2) is 18.2 Å². The number of rotatable bonds is 2. The number of aryl methyl sites for hydroxylation is 1. The van der Waals surface area contributed by atoms with Gasteiger partial charge in [0.15, 0.2) is 5.78 Å². The van der Waals surface area contributed by atoms with Gasteiger partial charge in [-0.3, -0.25) is 4.79 Å². The molecule has 0 aliphatic carbocycles. The van der Waals surface area contributed by atoms with Crippen LogP contribution in [0.25, 0.3) is 0 Å². The van der Waals surface area contributed by atoms with E-state index in [1.54, 1.807) is 6.92 Å². The zero-order valence-electron chi connectivity index (χ0n) is 6.85. The van der Waals surface area contributed by atoms with Crippen LogP contribution in [0.5, 0.6) is 0 Å². The Bertz CT molecular complexity index is 246. The third-order valence-corrected chi connectivity index (χ3v) is 1.66. The Morgan fingerprint density at radius 3 is 2.64 bits per heavy atom. The van der Waals surface area contributed by atoms with Crippen molar-refractivity contribution in [3.8, 4) is 0 Å². The first-order valence-corrected chi connectivity index (χ1v) is 3.75. The highest BCUT2D eigenvalue weighted by Crippen LogP contribution is 2.04. The minimum absolute atomic E-state index is 0.0765. The summed E-state index contributed by atoms with van der Waals surface area (Å²) in [7, 11) is 0. The first-order valence-electron chi connectivity index (χ1n) is 3.75. The molecule has 1 aromatic carbocycles. The molecule has 0 aromatic heterocycles. The number of hydrogen-bond acceptors (Lipinski definition) is 1. The first-order chi connectivity index (χ1) is 5.24. The molecule has 1 rings (SSSR count). The Morgan fingerprint density at radius 1 is 1.55 bits per heavy atom. The van der Waals surface area contributed by atoms with Crippen LogP contribution in [0, 0.1) is 6.07 Å². The fraction of sp³-hybridized carbons (Fsp3) is 0.300. The molecule has 0 heterocycles. The van der Waals surface area contributed by atoms with Crippen LogP contribution in [0.1, 0.15) is 29.8 Å². The maximum Gasteiger partial charge on any atom is 0.160 e. The van der Waals surface area contributed by atoms with E-state index in [0.717, 1.165) is 6.42 Å². The number of benzene rings is 1. The summed E-state index contributed by atoms with van der Waals surface area (Å²) in [4.78, 5) is 10.8. The third-order valence-electron chi connectivity index (χ3n) is 1.66. The van der Waals surface area contributed by atoms with Crippen LogP contribution >= 0.6 is 0 Å². The van der Waals surface area contributed by atoms with Crippen molar-refractivity contribution < 1.29 is 4.79 Å². The molecule has 0 amide bonds. The minimum Gasteiger partial charge on any atom is -0.294 e. The van der Waals surface area contributed by atoms with E-state index in [1.165, 1.54) is 5.56 Å². The van der Waals surface area contributed by atoms with E-state index >= 15 is 0 Å². The number of carbonyl (C=O) groups is 1. The average Bonchev–Trinajstić information content (AvgIpc) is 2.05. The summed E-state index contributed by atoms with van der Waals surface area (Å²) in [5, 5.41) is 0. The summed E-state index contributed by atoms with van der Waals surface area (Å²) in [5.74, 6) is 0.0765. The van der Waals surface area contributed by atoms with Gasteiger partial charge in [0, 0.05) is 5.56 Å². The Hall–Kier alpha value is -1.11. The highest BCUT2D eigenvalue weighted by molar-refractivity contribution is 5.93. The molecule has 1 aromatic rings. The summed E-state index contributed by atoms with van der Waals surface area (Å²) < 4.78 is 0. The van der Waals surface area contributed by atoms with Crippen molar-refractivity contribution in [1.29, 1.82) is 0 Å². The van der Waals surface area contributed by atoms with Crippen LogP contribution < -0.4 is 0 Å². The Morgan fingerprint density at radius 2 is 2.27 bits per heavy atom. The highest BCUT2D eigenvalue weighted by atomic mass is 16.1. The Labute approximate surface area is 67.1 Å². The summed E-state index contributed by atoms with van der Waals surface area (Å²) in [6, 6.07) is 8.60. The molecule has 0 aliphatic rings. The SMILES string of the molecule is CCc1c[c]c(C(C)=O)cc1. The molecule has 0 aliphatic heterocycles. The third kappa shape index (κ3) is 1.90. The van der Waals surface area contributed by atoms with Crippen LogP contribution in [0.2, 0.25) is 0 Å². The van der Waals surface area contributed by atoms with E-state index in [1.807, 2.05) is 18.2 Å². The van der Waals surface area contributed by atoms with Gasteiger partial charge in [0.05, 0.1) is 0 Å². The van der Waals surface area contributed by atoms with E-state index < -0.39 is 0 Å². The summed E-state index contributed by atoms with van der Waals surface area (Å²) in [6.07, 6.45) is 0.995. The summed E-state index contributed by atoms with van der Waals surface area (Å²) in [5.41, 5.74) is 1.89. The molecule has 0 spiro atoms. The second-order valence-corrected chi connectivity index (χ2v) is 2.52. The topological polar surface area (TPSA) is 17.1 Å². The van der Waals surface area contributed by atoms with E-state index in [9.17, 15) is 4.79 Å². The average molecular weight is 147 g/mol. The van der Waals surface area contributed by atoms with Crippen molar-refractivity contribution in [1.82, 2.24) is 0 Å². The van der Waals surface area contributed by atoms with Gasteiger partial charge in [0.1, 0.15) is 0 Å². The lowest BCUT2D eigenvalue weighted by atomic mass is 10.1. The van der Waals surface area contributed by atoms with Crippen LogP contribution in [-0.4, -0.2) is 5.78 Å². The lowest BCUT2D eigenvalue weighted by molar-refractivity contribution is 0.101. The van der Waals surface area contributed by atoms with Crippen molar-refractivity contribution in [2.24, 2.45) is 0 Å². The molecular weight excluding hydrogens is 136 g/mol. The van der Waals surface area contributed by atoms with Gasteiger partial charge < -0.3 is 0 Å². The lowest BCUT2D eigenvalue weighted by Crippen LogP contribution is -1.91. The van der Waals surface area contributed by atoms with Gasteiger partial charge in [0.25, 0.3) is 0 Å². The normalized spacial score (nSPS) is 9.64. The Balaban J connectivity index is 2.91. The molecule has 57 valence electrons. The zero-order valence-corrected chi connectivity index (χ0v) is 6.85. The molecule has 0 unspecified atom stereocenters. The van der Waals surface area contributed by atoms with E-state index in [2.05, 4.69) is 13.0 Å². The number of ketones is 1. The molecular formula is C10H11O. The van der Waals surface area contributed by atoms with Crippen molar-refractivity contribution in [3.63, 3.8) is 0 Å². The van der Waals surface area contributed by atoms with Gasteiger partial charge in [-0.25, -0.2) is 0 Å². The van der Waals surface area contributed by atoms with Gasteiger partial charge in [0.2, 0.25) is 0 Å². The molecule has 0 atom stereocenters. The van der Waals surface area contributed by atoms with E-state index in [-0.39, 0.29) is 5.78 Å². The standard InChI is InChI=1S/C10H11O/c1-3-9-4-6-10(7-5-9)8(2)11/h4-6H,3H2,1-2H3. The fourth-order valence-corrected chi connectivity index (χ4v) is 0.896. The second-order valence-electron chi connectivity index (χ2n) is 2.52.